The third kappa shape index (κ3) is 5.57. The maximum absolute atomic E-state index is 12.2. The van der Waals surface area contributed by atoms with Crippen molar-refractivity contribution in [1.82, 2.24) is 4.90 Å². The number of hydrogen-bond donors (Lipinski definition) is 2. The van der Waals surface area contributed by atoms with Crippen molar-refractivity contribution in [3.05, 3.63) is 28.2 Å². The highest BCUT2D eigenvalue weighted by atomic mass is 35.5. The Kier molecular flexibility index (Phi) is 7.73. The number of hydrogen-bond acceptors (Lipinski definition) is 2. The number of aliphatic hydroxyl groups excluding tert-OH is 1. The molecule has 1 aromatic carbocycles. The standard InChI is InChI=1S/C14H20Cl2N2O2/c1-2-3-7-18(8-4-9-19)14(20)17-13-6-5-11(15)10-12(13)16/h5-6,10,19H,2-4,7-9H2,1H3,(H,17,20). The maximum atomic E-state index is 12.2. The van der Waals surface area contributed by atoms with Crippen LogP contribution in [0.3, 0.4) is 0 Å². The number of nitrogens with zero attached hydrogens (tertiary/aromatic N) is 1. The van der Waals surface area contributed by atoms with Crippen molar-refractivity contribution >= 4 is 34.9 Å². The van der Waals surface area contributed by atoms with Crippen molar-refractivity contribution in [2.75, 3.05) is 25.0 Å². The number of unbranched alkanes of at least 4 members (excludes halogenated alkanes) is 1. The first-order valence-corrected chi connectivity index (χ1v) is 7.46. The first kappa shape index (κ1) is 17.1. The van der Waals surface area contributed by atoms with Crippen LogP contribution >= 0.6 is 23.2 Å². The number of amides is 2. The molecule has 4 nitrogen and oxygen atoms in total. The number of aliphatic hydroxyl groups is 1. The Morgan fingerprint density at radius 3 is 2.60 bits per heavy atom. The maximum Gasteiger partial charge on any atom is 0.321 e. The summed E-state index contributed by atoms with van der Waals surface area (Å²) in [6.45, 7) is 3.32. The Morgan fingerprint density at radius 2 is 2.00 bits per heavy atom. The van der Waals surface area contributed by atoms with Crippen molar-refractivity contribution in [3.63, 3.8) is 0 Å². The van der Waals surface area contributed by atoms with E-state index in [4.69, 9.17) is 28.3 Å². The average Bonchev–Trinajstić information content (AvgIpc) is 2.42. The fourth-order valence-electron chi connectivity index (χ4n) is 1.71. The summed E-state index contributed by atoms with van der Waals surface area (Å²) < 4.78 is 0. The zero-order valence-corrected chi connectivity index (χ0v) is 13.0. The van der Waals surface area contributed by atoms with Crippen LogP contribution in [0.4, 0.5) is 10.5 Å². The molecule has 0 bridgehead atoms. The van der Waals surface area contributed by atoms with Crippen LogP contribution in [0.15, 0.2) is 18.2 Å². The van der Waals surface area contributed by atoms with Gasteiger partial charge in [-0.05, 0) is 31.0 Å². The van der Waals surface area contributed by atoms with E-state index in [9.17, 15) is 4.79 Å². The molecule has 1 aromatic rings. The Labute approximate surface area is 129 Å². The van der Waals surface area contributed by atoms with Gasteiger partial charge in [0.05, 0.1) is 10.7 Å². The van der Waals surface area contributed by atoms with E-state index in [-0.39, 0.29) is 12.6 Å². The van der Waals surface area contributed by atoms with Gasteiger partial charge in [0.2, 0.25) is 0 Å². The number of anilines is 1. The third-order valence-corrected chi connectivity index (χ3v) is 3.38. The van der Waals surface area contributed by atoms with Gasteiger partial charge in [-0.2, -0.15) is 0 Å². The summed E-state index contributed by atoms with van der Waals surface area (Å²) in [7, 11) is 0. The van der Waals surface area contributed by atoms with Crippen LogP contribution in [-0.4, -0.2) is 35.7 Å². The smallest absolute Gasteiger partial charge is 0.321 e. The van der Waals surface area contributed by atoms with Gasteiger partial charge in [-0.1, -0.05) is 36.5 Å². The van der Waals surface area contributed by atoms with E-state index in [0.29, 0.717) is 35.2 Å². The van der Waals surface area contributed by atoms with Gasteiger partial charge < -0.3 is 15.3 Å². The molecule has 0 aromatic heterocycles. The molecular weight excluding hydrogens is 299 g/mol. The van der Waals surface area contributed by atoms with Gasteiger partial charge in [0.15, 0.2) is 0 Å². The summed E-state index contributed by atoms with van der Waals surface area (Å²) >= 11 is 11.8. The van der Waals surface area contributed by atoms with E-state index in [1.165, 1.54) is 0 Å². The molecule has 0 spiro atoms. The Bertz CT molecular complexity index is 433. The van der Waals surface area contributed by atoms with Crippen molar-refractivity contribution < 1.29 is 9.90 Å². The number of halogens is 2. The summed E-state index contributed by atoms with van der Waals surface area (Å²) in [6.07, 6.45) is 2.49. The molecule has 0 aliphatic heterocycles. The summed E-state index contributed by atoms with van der Waals surface area (Å²) in [4.78, 5) is 13.9. The highest BCUT2D eigenvalue weighted by molar-refractivity contribution is 6.36. The molecule has 20 heavy (non-hydrogen) atoms. The minimum absolute atomic E-state index is 0.0671. The Balaban J connectivity index is 2.68. The molecule has 2 N–H and O–H groups in total. The first-order valence-electron chi connectivity index (χ1n) is 6.70. The Hall–Kier alpha value is -0.970. The zero-order valence-electron chi connectivity index (χ0n) is 11.5. The van der Waals surface area contributed by atoms with E-state index in [1.807, 2.05) is 0 Å². The molecule has 0 aliphatic rings. The molecule has 0 aliphatic carbocycles. The molecule has 0 fully saturated rings. The average molecular weight is 319 g/mol. The second kappa shape index (κ2) is 9.06. The molecule has 0 saturated carbocycles. The first-order chi connectivity index (χ1) is 9.58. The molecule has 0 radical (unpaired) electrons. The van der Waals surface area contributed by atoms with Gasteiger partial charge in [-0.25, -0.2) is 4.79 Å². The number of benzene rings is 1. The van der Waals surface area contributed by atoms with Gasteiger partial charge in [0, 0.05) is 24.7 Å². The quantitative estimate of drug-likeness (QED) is 0.798. The van der Waals surface area contributed by atoms with Crippen molar-refractivity contribution in [2.24, 2.45) is 0 Å². The molecular formula is C14H20Cl2N2O2. The molecule has 0 atom stereocenters. The van der Waals surface area contributed by atoms with E-state index in [2.05, 4.69) is 12.2 Å². The van der Waals surface area contributed by atoms with Gasteiger partial charge in [0.1, 0.15) is 0 Å². The van der Waals surface area contributed by atoms with Crippen LogP contribution in [0.2, 0.25) is 10.0 Å². The lowest BCUT2D eigenvalue weighted by molar-refractivity contribution is 0.201. The van der Waals surface area contributed by atoms with Gasteiger partial charge in [-0.3, -0.25) is 0 Å². The van der Waals surface area contributed by atoms with Crippen molar-refractivity contribution in [2.45, 2.75) is 26.2 Å². The fraction of sp³-hybridized carbons (Fsp3) is 0.500. The largest absolute Gasteiger partial charge is 0.396 e. The van der Waals surface area contributed by atoms with Crippen LogP contribution in [0.5, 0.6) is 0 Å². The lowest BCUT2D eigenvalue weighted by Gasteiger charge is -2.23. The monoisotopic (exact) mass is 318 g/mol. The van der Waals surface area contributed by atoms with Crippen LogP contribution < -0.4 is 5.32 Å². The lowest BCUT2D eigenvalue weighted by atomic mass is 10.3. The molecule has 0 heterocycles. The SMILES string of the molecule is CCCCN(CCCO)C(=O)Nc1ccc(Cl)cc1Cl. The highest BCUT2D eigenvalue weighted by Gasteiger charge is 2.14. The predicted octanol–water partition coefficient (Wildman–Crippen LogP) is 4.01. The highest BCUT2D eigenvalue weighted by Crippen LogP contribution is 2.25. The normalized spacial score (nSPS) is 10.4. The minimum atomic E-state index is -0.212. The topological polar surface area (TPSA) is 52.6 Å². The van der Waals surface area contributed by atoms with E-state index < -0.39 is 0 Å². The lowest BCUT2D eigenvalue weighted by Crippen LogP contribution is -2.36. The number of carbonyl (C=O) groups excluding carboxylic acids is 1. The predicted molar refractivity (Wildman–Crippen MR) is 83.7 cm³/mol. The molecule has 112 valence electrons. The molecule has 2 amide bonds. The second-order valence-corrected chi connectivity index (χ2v) is 5.32. The van der Waals surface area contributed by atoms with Crippen molar-refractivity contribution in [3.8, 4) is 0 Å². The number of urea groups is 1. The fourth-order valence-corrected chi connectivity index (χ4v) is 2.17. The second-order valence-electron chi connectivity index (χ2n) is 4.47. The van der Waals surface area contributed by atoms with Crippen LogP contribution in [0, 0.1) is 0 Å². The van der Waals surface area contributed by atoms with Gasteiger partial charge >= 0.3 is 6.03 Å². The number of carbonyl (C=O) groups is 1. The van der Waals surface area contributed by atoms with Crippen LogP contribution in [-0.2, 0) is 0 Å². The van der Waals surface area contributed by atoms with E-state index in [1.54, 1.807) is 23.1 Å². The van der Waals surface area contributed by atoms with Crippen molar-refractivity contribution in [1.29, 1.82) is 0 Å². The zero-order chi connectivity index (χ0) is 15.0. The third-order valence-electron chi connectivity index (χ3n) is 2.83. The summed E-state index contributed by atoms with van der Waals surface area (Å²) in [5.74, 6) is 0. The van der Waals surface area contributed by atoms with Crippen LogP contribution in [0.1, 0.15) is 26.2 Å². The molecule has 0 saturated heterocycles. The number of rotatable bonds is 7. The van der Waals surface area contributed by atoms with Crippen LogP contribution in [0.25, 0.3) is 0 Å². The summed E-state index contributed by atoms with van der Waals surface area (Å²) in [5, 5.41) is 12.6. The van der Waals surface area contributed by atoms with Gasteiger partial charge in [0.25, 0.3) is 0 Å². The molecule has 0 unspecified atom stereocenters. The minimum Gasteiger partial charge on any atom is -0.396 e. The van der Waals surface area contributed by atoms with Gasteiger partial charge in [-0.15, -0.1) is 0 Å². The Morgan fingerprint density at radius 1 is 1.30 bits per heavy atom. The molecule has 6 heteroatoms. The van der Waals surface area contributed by atoms with E-state index >= 15 is 0 Å². The summed E-state index contributed by atoms with van der Waals surface area (Å²) in [6, 6.07) is 4.72. The number of nitrogens with one attached hydrogen (secondary N) is 1. The van der Waals surface area contributed by atoms with E-state index in [0.717, 1.165) is 12.8 Å². The summed E-state index contributed by atoms with van der Waals surface area (Å²) in [5.41, 5.74) is 0.534. The molecule has 1 rings (SSSR count).